The van der Waals surface area contributed by atoms with Gasteiger partial charge in [-0.1, -0.05) is 11.3 Å². The molecule has 1 saturated carbocycles. The van der Waals surface area contributed by atoms with E-state index in [1.165, 1.54) is 29.5 Å². The molecule has 6 rings (SSSR count). The molecule has 2 N–H and O–H groups in total. The minimum Gasteiger partial charge on any atom is -0.395 e. The van der Waals surface area contributed by atoms with Crippen molar-refractivity contribution in [1.82, 2.24) is 15.3 Å². The zero-order valence-electron chi connectivity index (χ0n) is 21.5. The highest BCUT2D eigenvalue weighted by atomic mass is 32.1. The number of piperazine rings is 1. The number of aliphatic hydroxyl groups is 1. The Kier molecular flexibility index (Phi) is 6.89. The van der Waals surface area contributed by atoms with Crippen molar-refractivity contribution in [2.75, 3.05) is 42.6 Å². The maximum atomic E-state index is 15.7. The van der Waals surface area contributed by atoms with E-state index in [1.54, 1.807) is 12.1 Å². The zero-order valence-corrected chi connectivity index (χ0v) is 22.3. The number of anilines is 3. The van der Waals surface area contributed by atoms with Gasteiger partial charge in [-0.2, -0.15) is 5.26 Å². The van der Waals surface area contributed by atoms with E-state index in [2.05, 4.69) is 16.3 Å². The Labute approximate surface area is 229 Å². The highest BCUT2D eigenvalue weighted by Gasteiger charge is 2.29. The number of thiazole rings is 1. The third-order valence-corrected chi connectivity index (χ3v) is 8.34. The summed E-state index contributed by atoms with van der Waals surface area (Å²) in [5, 5.41) is 24.1. The van der Waals surface area contributed by atoms with Crippen molar-refractivity contribution in [2.45, 2.75) is 31.7 Å². The second kappa shape index (κ2) is 10.5. The maximum Gasteiger partial charge on any atom is 0.191 e. The van der Waals surface area contributed by atoms with Crippen LogP contribution in [0.25, 0.3) is 22.2 Å². The van der Waals surface area contributed by atoms with Gasteiger partial charge in [0, 0.05) is 60.5 Å². The topological polar surface area (TPSA) is 88.3 Å². The summed E-state index contributed by atoms with van der Waals surface area (Å²) in [5.41, 5.74) is 3.88. The molecule has 7 nitrogen and oxygen atoms in total. The van der Waals surface area contributed by atoms with Crippen LogP contribution in [0.2, 0.25) is 0 Å². The van der Waals surface area contributed by atoms with Crippen LogP contribution in [0.1, 0.15) is 36.3 Å². The molecule has 0 unspecified atom stereocenters. The van der Waals surface area contributed by atoms with Crippen molar-refractivity contribution in [3.8, 4) is 17.3 Å². The first-order valence-corrected chi connectivity index (χ1v) is 14.0. The minimum absolute atomic E-state index is 0.00932. The second-order valence-corrected chi connectivity index (χ2v) is 11.0. The second-order valence-electron chi connectivity index (χ2n) is 9.98. The summed E-state index contributed by atoms with van der Waals surface area (Å²) in [7, 11) is 0. The van der Waals surface area contributed by atoms with Gasteiger partial charge in [-0.3, -0.25) is 0 Å². The van der Waals surface area contributed by atoms with Crippen LogP contribution in [0, 0.1) is 23.0 Å². The molecule has 0 radical (unpaired) electrons. The standard InChI is InChI=1S/C29H28F2N6OS/c1-2-37(29-35-27(26(14-32)39-29)18-5-7-19(30)8-6-18)25-13-24(17-3-4-17)34-28-22(25)11-21(12-23(28)31)36-10-9-33-20(15-36)16-38/h5-8,11-13,17,20,33,38H,2-4,9-10,15-16H2,1H3/t20-/m0/s1. The molecule has 2 aliphatic rings. The molecule has 0 bridgehead atoms. The predicted octanol–water partition coefficient (Wildman–Crippen LogP) is 5.31. The van der Waals surface area contributed by atoms with Gasteiger partial charge in [0.05, 0.1) is 12.3 Å². The van der Waals surface area contributed by atoms with Crippen LogP contribution in [-0.4, -0.2) is 53.9 Å². The number of pyridine rings is 1. The molecule has 10 heteroatoms. The van der Waals surface area contributed by atoms with Crippen LogP contribution in [-0.2, 0) is 0 Å². The monoisotopic (exact) mass is 546 g/mol. The van der Waals surface area contributed by atoms with E-state index < -0.39 is 0 Å². The molecule has 1 aliphatic heterocycles. The van der Waals surface area contributed by atoms with Gasteiger partial charge in [-0.15, -0.1) is 0 Å². The van der Waals surface area contributed by atoms with Crippen LogP contribution < -0.4 is 15.1 Å². The molecule has 1 aliphatic carbocycles. The van der Waals surface area contributed by atoms with Crippen LogP contribution in [0.4, 0.5) is 25.3 Å². The number of halogens is 2. The minimum atomic E-state index is -0.384. The lowest BCUT2D eigenvalue weighted by Gasteiger charge is -2.35. The average Bonchev–Trinajstić information content (AvgIpc) is 3.73. The van der Waals surface area contributed by atoms with Crippen molar-refractivity contribution in [2.24, 2.45) is 0 Å². The van der Waals surface area contributed by atoms with Crippen molar-refractivity contribution >= 4 is 38.7 Å². The van der Waals surface area contributed by atoms with Crippen molar-refractivity contribution in [3.63, 3.8) is 0 Å². The molecule has 1 saturated heterocycles. The van der Waals surface area contributed by atoms with E-state index >= 15 is 4.39 Å². The number of aliphatic hydroxyl groups excluding tert-OH is 1. The van der Waals surface area contributed by atoms with Gasteiger partial charge in [-0.25, -0.2) is 18.7 Å². The van der Waals surface area contributed by atoms with Crippen LogP contribution in [0.3, 0.4) is 0 Å². The lowest BCUT2D eigenvalue weighted by molar-refractivity contribution is 0.235. The van der Waals surface area contributed by atoms with Gasteiger partial charge in [-0.05, 0) is 62.2 Å². The van der Waals surface area contributed by atoms with E-state index in [1.807, 2.05) is 24.0 Å². The molecular formula is C29H28F2N6OS. The number of nitrogens with zero attached hydrogens (tertiary/aromatic N) is 5. The van der Waals surface area contributed by atoms with Crippen LogP contribution in [0.15, 0.2) is 42.5 Å². The number of fused-ring (bicyclic) bond motifs is 1. The molecule has 39 heavy (non-hydrogen) atoms. The first kappa shape index (κ1) is 25.6. The van der Waals surface area contributed by atoms with Crippen molar-refractivity contribution in [1.29, 1.82) is 5.26 Å². The Morgan fingerprint density at radius 3 is 2.67 bits per heavy atom. The van der Waals surface area contributed by atoms with Crippen molar-refractivity contribution in [3.05, 3.63) is 64.7 Å². The van der Waals surface area contributed by atoms with Crippen LogP contribution >= 0.6 is 11.3 Å². The van der Waals surface area contributed by atoms with Gasteiger partial charge in [0.2, 0.25) is 0 Å². The van der Waals surface area contributed by atoms with Gasteiger partial charge in [0.1, 0.15) is 28.0 Å². The molecule has 0 amide bonds. The summed E-state index contributed by atoms with van der Waals surface area (Å²) in [6.07, 6.45) is 2.05. The fourth-order valence-electron chi connectivity index (χ4n) is 5.16. The molecule has 200 valence electrons. The number of hydrogen-bond acceptors (Lipinski definition) is 8. The number of nitriles is 1. The van der Waals surface area contributed by atoms with Gasteiger partial charge in [0.25, 0.3) is 0 Å². The van der Waals surface area contributed by atoms with E-state index in [-0.39, 0.29) is 24.3 Å². The number of nitrogens with one attached hydrogen (secondary N) is 1. The van der Waals surface area contributed by atoms with Gasteiger partial charge in [0.15, 0.2) is 10.9 Å². The third-order valence-electron chi connectivity index (χ3n) is 7.36. The SMILES string of the molecule is CCN(c1nc(-c2ccc(F)cc2)c(C#N)s1)c1cc(C2CC2)nc2c(F)cc(N3CCN[C@H](CO)C3)cc12. The lowest BCUT2D eigenvalue weighted by Crippen LogP contribution is -2.52. The summed E-state index contributed by atoms with van der Waals surface area (Å²) in [6, 6.07) is 13.6. The molecule has 4 aromatic rings. The van der Waals surface area contributed by atoms with Crippen molar-refractivity contribution < 1.29 is 13.9 Å². The van der Waals surface area contributed by atoms with Gasteiger partial charge < -0.3 is 20.2 Å². The van der Waals surface area contributed by atoms with E-state index in [0.717, 1.165) is 29.9 Å². The highest BCUT2D eigenvalue weighted by molar-refractivity contribution is 7.16. The fourth-order valence-corrected chi connectivity index (χ4v) is 6.12. The Morgan fingerprint density at radius 2 is 1.97 bits per heavy atom. The third kappa shape index (κ3) is 4.93. The van der Waals surface area contributed by atoms with E-state index in [0.29, 0.717) is 64.3 Å². The summed E-state index contributed by atoms with van der Waals surface area (Å²) < 4.78 is 29.3. The Hall–Kier alpha value is -3.65. The first-order valence-electron chi connectivity index (χ1n) is 13.2. The van der Waals surface area contributed by atoms with Gasteiger partial charge >= 0.3 is 0 Å². The first-order chi connectivity index (χ1) is 19.0. The number of benzene rings is 2. The number of aromatic nitrogens is 2. The summed E-state index contributed by atoms with van der Waals surface area (Å²) in [6.45, 7) is 4.50. The fraction of sp³-hybridized carbons (Fsp3) is 0.345. The summed E-state index contributed by atoms with van der Waals surface area (Å²) >= 11 is 1.26. The molecular weight excluding hydrogens is 518 g/mol. The Morgan fingerprint density at radius 1 is 1.18 bits per heavy atom. The zero-order chi connectivity index (χ0) is 27.1. The predicted molar refractivity (Wildman–Crippen MR) is 150 cm³/mol. The highest BCUT2D eigenvalue weighted by Crippen LogP contribution is 2.45. The molecule has 3 heterocycles. The Bertz CT molecular complexity index is 1560. The Balaban J connectivity index is 1.49. The number of rotatable bonds is 7. The summed E-state index contributed by atoms with van der Waals surface area (Å²) in [4.78, 5) is 14.1. The van der Waals surface area contributed by atoms with Crippen LogP contribution in [0.5, 0.6) is 0 Å². The normalized spacial score (nSPS) is 17.4. The summed E-state index contributed by atoms with van der Waals surface area (Å²) in [5.74, 6) is -0.429. The molecule has 0 spiro atoms. The van der Waals surface area contributed by atoms with E-state index in [4.69, 9.17) is 9.97 Å². The lowest BCUT2D eigenvalue weighted by atomic mass is 10.1. The quantitative estimate of drug-likeness (QED) is 0.325. The largest absolute Gasteiger partial charge is 0.395 e. The molecule has 1 atom stereocenters. The maximum absolute atomic E-state index is 15.7. The molecule has 2 aromatic heterocycles. The average molecular weight is 547 g/mol. The number of hydrogen-bond donors (Lipinski definition) is 2. The van der Waals surface area contributed by atoms with E-state index in [9.17, 15) is 14.8 Å². The molecule has 2 aromatic carbocycles. The molecule has 2 fully saturated rings. The smallest absolute Gasteiger partial charge is 0.191 e.